The number of aromatic nitrogens is 2. The first kappa shape index (κ1) is 13.3. The molecule has 1 aliphatic rings. The molecule has 1 N–H and O–H groups in total. The topological polar surface area (TPSA) is 91.1 Å². The van der Waals surface area contributed by atoms with Gasteiger partial charge in [0.15, 0.2) is 0 Å². The molecule has 106 valence electrons. The smallest absolute Gasteiger partial charge is 0.212 e. The Bertz CT molecular complexity index is 719. The molecule has 1 amide bonds. The van der Waals surface area contributed by atoms with Crippen LogP contribution in [0.2, 0.25) is 0 Å². The molecule has 2 aromatic heterocycles. The lowest BCUT2D eigenvalue weighted by Gasteiger charge is -2.28. The maximum absolute atomic E-state index is 10.6. The number of anilines is 2. The highest BCUT2D eigenvalue weighted by molar-refractivity contribution is 5.95. The van der Waals surface area contributed by atoms with E-state index in [0.29, 0.717) is 31.1 Å². The highest BCUT2D eigenvalue weighted by atomic mass is 16.5. The fourth-order valence-electron chi connectivity index (χ4n) is 2.34. The van der Waals surface area contributed by atoms with E-state index in [-0.39, 0.29) is 0 Å². The summed E-state index contributed by atoms with van der Waals surface area (Å²) in [5, 5.41) is 13.3. The second kappa shape index (κ2) is 5.73. The number of nitrogens with zero attached hydrogens (tertiary/aromatic N) is 4. The Hall–Kier alpha value is -2.72. The molecular weight excluding hydrogens is 270 g/mol. The van der Waals surface area contributed by atoms with Crippen molar-refractivity contribution in [1.82, 2.24) is 9.97 Å². The van der Waals surface area contributed by atoms with Crippen molar-refractivity contribution in [2.24, 2.45) is 0 Å². The summed E-state index contributed by atoms with van der Waals surface area (Å²) in [7, 11) is 0. The summed E-state index contributed by atoms with van der Waals surface area (Å²) in [4.78, 5) is 21.2. The standard InChI is InChI=1S/C14H13N5O2/c15-7-11-5-10-8-16-13(17-9-20)6-12(10)14(18-11)19-1-3-21-4-2-19/h5-6,8-9H,1-4H2,(H,16,17,20). The van der Waals surface area contributed by atoms with Gasteiger partial charge in [-0.1, -0.05) is 0 Å². The van der Waals surface area contributed by atoms with Gasteiger partial charge in [0.2, 0.25) is 6.41 Å². The Kier molecular flexibility index (Phi) is 3.62. The van der Waals surface area contributed by atoms with Gasteiger partial charge in [0.1, 0.15) is 23.4 Å². The van der Waals surface area contributed by atoms with Crippen molar-refractivity contribution >= 4 is 28.8 Å². The molecule has 0 bridgehead atoms. The zero-order valence-corrected chi connectivity index (χ0v) is 11.2. The third-order valence-corrected chi connectivity index (χ3v) is 3.33. The zero-order chi connectivity index (χ0) is 14.7. The Morgan fingerprint density at radius 1 is 1.38 bits per heavy atom. The minimum absolute atomic E-state index is 0.349. The van der Waals surface area contributed by atoms with Gasteiger partial charge in [-0.15, -0.1) is 0 Å². The average Bonchev–Trinajstić information content (AvgIpc) is 2.55. The number of nitrogens with one attached hydrogen (secondary N) is 1. The van der Waals surface area contributed by atoms with Crippen LogP contribution in [-0.4, -0.2) is 42.7 Å². The first-order chi connectivity index (χ1) is 10.3. The van der Waals surface area contributed by atoms with Crippen LogP contribution in [0.4, 0.5) is 11.6 Å². The van der Waals surface area contributed by atoms with Gasteiger partial charge in [0, 0.05) is 30.1 Å². The van der Waals surface area contributed by atoms with Crippen molar-refractivity contribution in [1.29, 1.82) is 5.26 Å². The van der Waals surface area contributed by atoms with Gasteiger partial charge in [0.05, 0.1) is 13.2 Å². The molecule has 0 aromatic carbocycles. The van der Waals surface area contributed by atoms with Crippen LogP contribution < -0.4 is 10.2 Å². The minimum Gasteiger partial charge on any atom is -0.378 e. The lowest BCUT2D eigenvalue weighted by Crippen LogP contribution is -2.37. The van der Waals surface area contributed by atoms with Gasteiger partial charge < -0.3 is 15.0 Å². The molecule has 7 heteroatoms. The summed E-state index contributed by atoms with van der Waals surface area (Å²) in [6, 6.07) is 5.53. The molecule has 0 spiro atoms. The molecule has 1 aliphatic heterocycles. The second-order valence-electron chi connectivity index (χ2n) is 4.60. The quantitative estimate of drug-likeness (QED) is 0.842. The molecule has 0 saturated carbocycles. The number of amides is 1. The predicted octanol–water partition coefficient (Wildman–Crippen LogP) is 0.906. The van der Waals surface area contributed by atoms with E-state index in [9.17, 15) is 4.79 Å². The van der Waals surface area contributed by atoms with Crippen LogP contribution in [0.1, 0.15) is 5.69 Å². The lowest BCUT2D eigenvalue weighted by molar-refractivity contribution is -0.105. The Balaban J connectivity index is 2.15. The summed E-state index contributed by atoms with van der Waals surface area (Å²) >= 11 is 0. The van der Waals surface area contributed by atoms with Crippen LogP contribution in [0.25, 0.3) is 10.8 Å². The van der Waals surface area contributed by atoms with Gasteiger partial charge >= 0.3 is 0 Å². The number of morpholine rings is 1. The van der Waals surface area contributed by atoms with Crippen LogP contribution in [0.5, 0.6) is 0 Å². The van der Waals surface area contributed by atoms with Crippen LogP contribution in [0.15, 0.2) is 18.3 Å². The highest BCUT2D eigenvalue weighted by Crippen LogP contribution is 2.27. The van der Waals surface area contributed by atoms with E-state index >= 15 is 0 Å². The zero-order valence-electron chi connectivity index (χ0n) is 11.2. The first-order valence-corrected chi connectivity index (χ1v) is 6.55. The van der Waals surface area contributed by atoms with Gasteiger partial charge in [-0.05, 0) is 12.1 Å². The van der Waals surface area contributed by atoms with E-state index in [2.05, 4.69) is 26.3 Å². The number of hydrogen-bond donors (Lipinski definition) is 1. The number of ether oxygens (including phenoxy) is 1. The number of carbonyl (C=O) groups excluding carboxylic acids is 1. The largest absolute Gasteiger partial charge is 0.378 e. The van der Waals surface area contributed by atoms with Crippen LogP contribution >= 0.6 is 0 Å². The molecule has 3 rings (SSSR count). The number of carbonyl (C=O) groups is 1. The molecular formula is C14H13N5O2. The maximum atomic E-state index is 10.6. The fraction of sp³-hybridized carbons (Fsp3) is 0.286. The lowest BCUT2D eigenvalue weighted by atomic mass is 10.1. The maximum Gasteiger partial charge on any atom is 0.212 e. The molecule has 21 heavy (non-hydrogen) atoms. The third-order valence-electron chi connectivity index (χ3n) is 3.33. The van der Waals surface area contributed by atoms with E-state index in [1.165, 1.54) is 0 Å². The van der Waals surface area contributed by atoms with Crippen LogP contribution in [0.3, 0.4) is 0 Å². The van der Waals surface area contributed by atoms with E-state index < -0.39 is 0 Å². The van der Waals surface area contributed by atoms with Crippen LogP contribution in [0, 0.1) is 11.3 Å². The minimum atomic E-state index is 0.349. The monoisotopic (exact) mass is 283 g/mol. The fourth-order valence-corrected chi connectivity index (χ4v) is 2.34. The van der Waals surface area contributed by atoms with E-state index in [4.69, 9.17) is 10.00 Å². The molecule has 0 atom stereocenters. The molecule has 0 radical (unpaired) electrons. The predicted molar refractivity (Wildman–Crippen MR) is 77.0 cm³/mol. The van der Waals surface area contributed by atoms with Crippen molar-refractivity contribution < 1.29 is 9.53 Å². The number of nitriles is 1. The molecule has 0 unspecified atom stereocenters. The number of rotatable bonds is 3. The van der Waals surface area contributed by atoms with Gasteiger partial charge in [-0.3, -0.25) is 4.79 Å². The van der Waals surface area contributed by atoms with Crippen LogP contribution in [-0.2, 0) is 9.53 Å². The van der Waals surface area contributed by atoms with Crippen molar-refractivity contribution in [3.05, 3.63) is 24.0 Å². The van der Waals surface area contributed by atoms with Gasteiger partial charge in [0.25, 0.3) is 0 Å². The van der Waals surface area contributed by atoms with Crippen molar-refractivity contribution in [3.63, 3.8) is 0 Å². The molecule has 1 saturated heterocycles. The number of pyridine rings is 2. The third kappa shape index (κ3) is 2.61. The first-order valence-electron chi connectivity index (χ1n) is 6.55. The van der Waals surface area contributed by atoms with Gasteiger partial charge in [-0.25, -0.2) is 9.97 Å². The highest BCUT2D eigenvalue weighted by Gasteiger charge is 2.17. The number of fused-ring (bicyclic) bond motifs is 1. The summed E-state index contributed by atoms with van der Waals surface area (Å²) in [6.45, 7) is 2.69. The second-order valence-corrected chi connectivity index (χ2v) is 4.60. The van der Waals surface area contributed by atoms with Gasteiger partial charge in [-0.2, -0.15) is 5.26 Å². The van der Waals surface area contributed by atoms with Crippen molar-refractivity contribution in [3.8, 4) is 6.07 Å². The van der Waals surface area contributed by atoms with E-state index in [1.807, 2.05) is 0 Å². The number of hydrogen-bond acceptors (Lipinski definition) is 6. The summed E-state index contributed by atoms with van der Waals surface area (Å²) in [5.41, 5.74) is 0.349. The Morgan fingerprint density at radius 2 is 2.19 bits per heavy atom. The molecule has 2 aromatic rings. The molecule has 7 nitrogen and oxygen atoms in total. The Morgan fingerprint density at radius 3 is 2.90 bits per heavy atom. The average molecular weight is 283 g/mol. The molecule has 3 heterocycles. The normalized spacial score (nSPS) is 14.7. The Labute approximate surface area is 121 Å². The molecule has 1 fully saturated rings. The van der Waals surface area contributed by atoms with Crippen molar-refractivity contribution in [2.75, 3.05) is 36.5 Å². The van der Waals surface area contributed by atoms with E-state index in [1.54, 1.807) is 18.3 Å². The van der Waals surface area contributed by atoms with E-state index in [0.717, 1.165) is 29.7 Å². The summed E-state index contributed by atoms with van der Waals surface area (Å²) < 4.78 is 5.35. The van der Waals surface area contributed by atoms with Crippen molar-refractivity contribution in [2.45, 2.75) is 0 Å². The molecule has 0 aliphatic carbocycles. The summed E-state index contributed by atoms with van der Waals surface area (Å²) in [6.07, 6.45) is 2.22. The summed E-state index contributed by atoms with van der Waals surface area (Å²) in [5.74, 6) is 1.18. The SMILES string of the molecule is N#Cc1cc2cnc(NC=O)cc2c(N2CCOCC2)n1.